The second kappa shape index (κ2) is 8.61. The Morgan fingerprint density at radius 1 is 1.14 bits per heavy atom. The van der Waals surface area contributed by atoms with Crippen molar-refractivity contribution in [2.45, 2.75) is 45.6 Å². The molecule has 0 saturated carbocycles. The summed E-state index contributed by atoms with van der Waals surface area (Å²) < 4.78 is 30.0. The number of hydrogen-bond donors (Lipinski definition) is 0. The van der Waals surface area contributed by atoms with E-state index in [2.05, 4.69) is 0 Å². The van der Waals surface area contributed by atoms with Crippen LogP contribution in [0.25, 0.3) is 0 Å². The third kappa shape index (κ3) is 4.81. The highest BCUT2D eigenvalue weighted by Gasteiger charge is 2.36. The Labute approximate surface area is 165 Å². The number of alkyl halides is 1. The summed E-state index contributed by atoms with van der Waals surface area (Å²) in [6, 6.07) is 15.4. The summed E-state index contributed by atoms with van der Waals surface area (Å²) in [4.78, 5) is 14.1. The minimum atomic E-state index is -1.02. The van der Waals surface area contributed by atoms with Crippen LogP contribution in [0, 0.1) is 0 Å². The van der Waals surface area contributed by atoms with Gasteiger partial charge in [0.15, 0.2) is 13.1 Å². The summed E-state index contributed by atoms with van der Waals surface area (Å²) in [5, 5.41) is 0. The lowest BCUT2D eigenvalue weighted by atomic mass is 9.97. The first kappa shape index (κ1) is 20.1. The molecular formula is C22H26FNO4. The molecule has 0 aromatic heterocycles. The first-order chi connectivity index (χ1) is 13.4. The fourth-order valence-corrected chi connectivity index (χ4v) is 3.20. The predicted octanol–water partition coefficient (Wildman–Crippen LogP) is 5.00. The van der Waals surface area contributed by atoms with Gasteiger partial charge in [0.2, 0.25) is 0 Å². The summed E-state index contributed by atoms with van der Waals surface area (Å²) in [5.74, 6) is 0.577. The molecule has 0 N–H and O–H groups in total. The Morgan fingerprint density at radius 3 is 2.57 bits per heavy atom. The van der Waals surface area contributed by atoms with Gasteiger partial charge in [-0.1, -0.05) is 42.5 Å². The van der Waals surface area contributed by atoms with Crippen LogP contribution in [0.1, 0.15) is 43.7 Å². The van der Waals surface area contributed by atoms with Crippen molar-refractivity contribution in [3.05, 3.63) is 65.2 Å². The monoisotopic (exact) mass is 387 g/mol. The van der Waals surface area contributed by atoms with Crippen molar-refractivity contribution < 1.29 is 23.4 Å². The van der Waals surface area contributed by atoms with Crippen LogP contribution in [0.5, 0.6) is 5.75 Å². The molecule has 0 saturated heterocycles. The molecule has 0 aliphatic carbocycles. The SMILES string of the molecule is CC(C)(C)OC(=O)N1CCc2cccc(OCc3ccccc3)c2C1OCF. The highest BCUT2D eigenvalue weighted by molar-refractivity contribution is 5.69. The molecule has 2 aromatic rings. The molecule has 1 heterocycles. The van der Waals surface area contributed by atoms with Crippen LogP contribution in [0.4, 0.5) is 9.18 Å². The number of hydrogen-bond acceptors (Lipinski definition) is 4. The van der Waals surface area contributed by atoms with Crippen LogP contribution in [-0.4, -0.2) is 30.0 Å². The molecule has 1 aliphatic rings. The van der Waals surface area contributed by atoms with Crippen molar-refractivity contribution in [3.63, 3.8) is 0 Å². The predicted molar refractivity (Wildman–Crippen MR) is 104 cm³/mol. The van der Waals surface area contributed by atoms with Crippen LogP contribution < -0.4 is 4.74 Å². The van der Waals surface area contributed by atoms with E-state index in [1.54, 1.807) is 20.8 Å². The normalized spacial score (nSPS) is 16.4. The number of carbonyl (C=O) groups excluding carboxylic acids is 1. The summed E-state index contributed by atoms with van der Waals surface area (Å²) in [5.41, 5.74) is 2.01. The van der Waals surface area contributed by atoms with Crippen LogP contribution in [0.3, 0.4) is 0 Å². The van der Waals surface area contributed by atoms with Gasteiger partial charge in [-0.15, -0.1) is 0 Å². The van der Waals surface area contributed by atoms with Crippen molar-refractivity contribution in [2.75, 3.05) is 13.4 Å². The topological polar surface area (TPSA) is 48.0 Å². The summed E-state index contributed by atoms with van der Waals surface area (Å²) in [6.07, 6.45) is -0.812. The van der Waals surface area contributed by atoms with Gasteiger partial charge >= 0.3 is 6.09 Å². The quantitative estimate of drug-likeness (QED) is 0.724. The molecule has 1 aliphatic heterocycles. The maximum atomic E-state index is 13.2. The van der Waals surface area contributed by atoms with Gasteiger partial charge < -0.3 is 14.2 Å². The summed E-state index contributed by atoms with van der Waals surface area (Å²) in [7, 11) is 0. The van der Waals surface area contributed by atoms with E-state index < -0.39 is 24.8 Å². The van der Waals surface area contributed by atoms with Crippen LogP contribution in [-0.2, 0) is 22.5 Å². The van der Waals surface area contributed by atoms with Crippen molar-refractivity contribution >= 4 is 6.09 Å². The van der Waals surface area contributed by atoms with Crippen molar-refractivity contribution in [1.29, 1.82) is 0 Å². The first-order valence-corrected chi connectivity index (χ1v) is 9.35. The van der Waals surface area contributed by atoms with Gasteiger partial charge in [-0.05, 0) is 44.4 Å². The van der Waals surface area contributed by atoms with E-state index in [0.29, 0.717) is 30.9 Å². The zero-order valence-corrected chi connectivity index (χ0v) is 16.5. The third-order valence-corrected chi connectivity index (χ3v) is 4.39. The van der Waals surface area contributed by atoms with Crippen LogP contribution in [0.15, 0.2) is 48.5 Å². The number of ether oxygens (including phenoxy) is 3. The molecule has 1 amide bonds. The van der Waals surface area contributed by atoms with E-state index >= 15 is 0 Å². The van der Waals surface area contributed by atoms with Gasteiger partial charge in [0.05, 0.1) is 0 Å². The van der Waals surface area contributed by atoms with E-state index in [1.807, 2.05) is 48.5 Å². The molecule has 28 heavy (non-hydrogen) atoms. The number of fused-ring (bicyclic) bond motifs is 1. The number of benzene rings is 2. The van der Waals surface area contributed by atoms with E-state index in [9.17, 15) is 9.18 Å². The lowest BCUT2D eigenvalue weighted by Crippen LogP contribution is -2.44. The second-order valence-corrected chi connectivity index (χ2v) is 7.66. The second-order valence-electron chi connectivity index (χ2n) is 7.66. The molecule has 3 rings (SSSR count). The molecule has 6 heteroatoms. The van der Waals surface area contributed by atoms with Crippen molar-refractivity contribution in [2.24, 2.45) is 0 Å². The van der Waals surface area contributed by atoms with Crippen LogP contribution in [0.2, 0.25) is 0 Å². The maximum Gasteiger partial charge on any atom is 0.412 e. The zero-order valence-electron chi connectivity index (χ0n) is 16.5. The highest BCUT2D eigenvalue weighted by atomic mass is 19.1. The lowest BCUT2D eigenvalue weighted by molar-refractivity contribution is -0.101. The average molecular weight is 387 g/mol. The van der Waals surface area contributed by atoms with Gasteiger partial charge in [-0.25, -0.2) is 9.18 Å². The maximum absolute atomic E-state index is 13.2. The Bertz CT molecular complexity index is 804. The fourth-order valence-electron chi connectivity index (χ4n) is 3.20. The van der Waals surface area contributed by atoms with E-state index in [4.69, 9.17) is 14.2 Å². The minimum Gasteiger partial charge on any atom is -0.488 e. The molecule has 2 aromatic carbocycles. The van der Waals surface area contributed by atoms with Gasteiger partial charge in [0.1, 0.15) is 18.0 Å². The third-order valence-electron chi connectivity index (χ3n) is 4.39. The smallest absolute Gasteiger partial charge is 0.412 e. The Hall–Kier alpha value is -2.60. The van der Waals surface area contributed by atoms with Crippen LogP contribution >= 0.6 is 0 Å². The number of nitrogens with zero attached hydrogens (tertiary/aromatic N) is 1. The largest absolute Gasteiger partial charge is 0.488 e. The molecule has 0 radical (unpaired) electrons. The average Bonchev–Trinajstić information content (AvgIpc) is 2.66. The van der Waals surface area contributed by atoms with E-state index in [1.165, 1.54) is 4.90 Å². The van der Waals surface area contributed by atoms with Gasteiger partial charge in [0, 0.05) is 12.1 Å². The van der Waals surface area contributed by atoms with Gasteiger partial charge in [0.25, 0.3) is 0 Å². The van der Waals surface area contributed by atoms with Crippen molar-refractivity contribution in [3.8, 4) is 5.75 Å². The van der Waals surface area contributed by atoms with Crippen molar-refractivity contribution in [1.82, 2.24) is 4.90 Å². The molecule has 1 unspecified atom stereocenters. The Kier molecular flexibility index (Phi) is 6.19. The number of halogens is 1. The van der Waals surface area contributed by atoms with Gasteiger partial charge in [-0.3, -0.25) is 4.90 Å². The molecule has 150 valence electrons. The summed E-state index contributed by atoms with van der Waals surface area (Å²) in [6.45, 7) is 5.11. The first-order valence-electron chi connectivity index (χ1n) is 9.35. The Balaban J connectivity index is 1.88. The molecular weight excluding hydrogens is 361 g/mol. The molecule has 1 atom stereocenters. The zero-order chi connectivity index (χ0) is 20.1. The number of amides is 1. The summed E-state index contributed by atoms with van der Waals surface area (Å²) >= 11 is 0. The number of rotatable bonds is 5. The molecule has 0 bridgehead atoms. The van der Waals surface area contributed by atoms with E-state index in [0.717, 1.165) is 11.1 Å². The Morgan fingerprint density at radius 2 is 1.89 bits per heavy atom. The minimum absolute atomic E-state index is 0.367. The number of carbonyl (C=O) groups is 1. The standard InChI is InChI=1S/C22H26FNO4/c1-22(2,3)28-21(25)24-13-12-17-10-7-11-18(19(17)20(24)27-15-23)26-14-16-8-5-4-6-9-16/h4-11,20H,12-15H2,1-3H3. The lowest BCUT2D eigenvalue weighted by Gasteiger charge is -2.37. The molecule has 0 fully saturated rings. The fraction of sp³-hybridized carbons (Fsp3) is 0.409. The molecule has 5 nitrogen and oxygen atoms in total. The van der Waals surface area contributed by atoms with E-state index in [-0.39, 0.29) is 0 Å². The van der Waals surface area contributed by atoms with Gasteiger partial charge in [-0.2, -0.15) is 0 Å². The molecule has 0 spiro atoms. The highest BCUT2D eigenvalue weighted by Crippen LogP contribution is 2.38.